The van der Waals surface area contributed by atoms with Crippen LogP contribution in [0.15, 0.2) is 18.2 Å². The molecular weight excluding hydrogens is 223 g/mol. The van der Waals surface area contributed by atoms with Crippen LogP contribution in [0.25, 0.3) is 0 Å². The first-order valence-electron chi connectivity index (χ1n) is 4.15. The third-order valence-corrected chi connectivity index (χ3v) is 2.67. The number of carbonyl (C=O) groups is 1. The number of hydrogen-bond donors (Lipinski definition) is 1. The highest BCUT2D eigenvalue weighted by atomic mass is 35.5. The maximum Gasteiger partial charge on any atom is 0.125 e. The SMILES string of the molecule is C[C@H](C=O)[C@H](O)c1c(Cl)cccc1Cl. The summed E-state index contributed by atoms with van der Waals surface area (Å²) in [7, 11) is 0. The molecule has 0 fully saturated rings. The van der Waals surface area contributed by atoms with E-state index in [4.69, 9.17) is 23.2 Å². The van der Waals surface area contributed by atoms with Gasteiger partial charge in [-0.2, -0.15) is 0 Å². The molecule has 1 aromatic rings. The first-order valence-corrected chi connectivity index (χ1v) is 4.90. The van der Waals surface area contributed by atoms with Crippen molar-refractivity contribution in [1.82, 2.24) is 0 Å². The summed E-state index contributed by atoms with van der Waals surface area (Å²) in [6.45, 7) is 1.61. The summed E-state index contributed by atoms with van der Waals surface area (Å²) in [4.78, 5) is 10.5. The van der Waals surface area contributed by atoms with Gasteiger partial charge in [0.25, 0.3) is 0 Å². The largest absolute Gasteiger partial charge is 0.388 e. The lowest BCUT2D eigenvalue weighted by atomic mass is 9.99. The molecular formula is C10H10Cl2O2. The predicted molar refractivity (Wildman–Crippen MR) is 56.6 cm³/mol. The fourth-order valence-electron chi connectivity index (χ4n) is 1.13. The maximum absolute atomic E-state index is 10.5. The van der Waals surface area contributed by atoms with E-state index in [0.29, 0.717) is 21.9 Å². The van der Waals surface area contributed by atoms with Crippen molar-refractivity contribution < 1.29 is 9.90 Å². The Labute approximate surface area is 92.5 Å². The number of aldehydes is 1. The fraction of sp³-hybridized carbons (Fsp3) is 0.300. The number of halogens is 2. The van der Waals surface area contributed by atoms with Gasteiger partial charge in [0.2, 0.25) is 0 Å². The summed E-state index contributed by atoms with van der Waals surface area (Å²) in [5, 5.41) is 10.5. The second-order valence-electron chi connectivity index (χ2n) is 3.08. The zero-order valence-electron chi connectivity index (χ0n) is 7.58. The molecule has 0 aliphatic rings. The van der Waals surface area contributed by atoms with Gasteiger partial charge < -0.3 is 9.90 Å². The van der Waals surface area contributed by atoms with Crippen molar-refractivity contribution in [3.8, 4) is 0 Å². The topological polar surface area (TPSA) is 37.3 Å². The molecule has 0 heterocycles. The van der Waals surface area contributed by atoms with Crippen LogP contribution in [0.3, 0.4) is 0 Å². The highest BCUT2D eigenvalue weighted by molar-refractivity contribution is 6.36. The van der Waals surface area contributed by atoms with Gasteiger partial charge in [0.1, 0.15) is 6.29 Å². The number of rotatable bonds is 3. The van der Waals surface area contributed by atoms with Crippen molar-refractivity contribution >= 4 is 29.5 Å². The molecule has 4 heteroatoms. The molecule has 2 atom stereocenters. The first-order chi connectivity index (χ1) is 6.57. The van der Waals surface area contributed by atoms with Crippen LogP contribution in [-0.2, 0) is 4.79 Å². The van der Waals surface area contributed by atoms with Gasteiger partial charge in [-0.3, -0.25) is 0 Å². The van der Waals surface area contributed by atoms with E-state index in [-0.39, 0.29) is 0 Å². The first kappa shape index (κ1) is 11.5. The Morgan fingerprint density at radius 2 is 1.86 bits per heavy atom. The van der Waals surface area contributed by atoms with Crippen LogP contribution in [0.2, 0.25) is 10.0 Å². The number of benzene rings is 1. The van der Waals surface area contributed by atoms with Gasteiger partial charge >= 0.3 is 0 Å². The molecule has 0 spiro atoms. The molecule has 0 aliphatic heterocycles. The molecule has 0 unspecified atom stereocenters. The maximum atomic E-state index is 10.5. The molecule has 0 saturated carbocycles. The zero-order chi connectivity index (χ0) is 10.7. The van der Waals surface area contributed by atoms with Crippen LogP contribution in [0.5, 0.6) is 0 Å². The van der Waals surface area contributed by atoms with E-state index in [1.807, 2.05) is 0 Å². The molecule has 76 valence electrons. The second kappa shape index (κ2) is 4.78. The predicted octanol–water partition coefficient (Wildman–Crippen LogP) is 2.86. The molecule has 0 radical (unpaired) electrons. The number of hydrogen-bond acceptors (Lipinski definition) is 2. The average molecular weight is 233 g/mol. The molecule has 0 amide bonds. The smallest absolute Gasteiger partial charge is 0.125 e. The van der Waals surface area contributed by atoms with Crippen molar-refractivity contribution in [3.63, 3.8) is 0 Å². The molecule has 0 aromatic heterocycles. The lowest BCUT2D eigenvalue weighted by Gasteiger charge is -2.16. The molecule has 1 N–H and O–H groups in total. The molecule has 2 nitrogen and oxygen atoms in total. The molecule has 0 saturated heterocycles. The van der Waals surface area contributed by atoms with Gasteiger partial charge in [-0.1, -0.05) is 36.2 Å². The van der Waals surface area contributed by atoms with E-state index in [1.165, 1.54) is 0 Å². The standard InChI is InChI=1S/C10H10Cl2O2/c1-6(5-13)10(14)9-7(11)3-2-4-8(9)12/h2-6,10,14H,1H3/t6-,10+/m1/s1. The minimum absolute atomic E-state index is 0.374. The Morgan fingerprint density at radius 3 is 2.29 bits per heavy atom. The number of carbonyl (C=O) groups excluding carboxylic acids is 1. The third kappa shape index (κ3) is 2.27. The van der Waals surface area contributed by atoms with Gasteiger partial charge in [0.05, 0.1) is 6.10 Å². The summed E-state index contributed by atoms with van der Waals surface area (Å²) >= 11 is 11.7. The summed E-state index contributed by atoms with van der Waals surface area (Å²) < 4.78 is 0. The molecule has 1 rings (SSSR count). The van der Waals surface area contributed by atoms with Crippen molar-refractivity contribution in [3.05, 3.63) is 33.8 Å². The quantitative estimate of drug-likeness (QED) is 0.815. The van der Waals surface area contributed by atoms with Crippen LogP contribution in [0.1, 0.15) is 18.6 Å². The van der Waals surface area contributed by atoms with Gasteiger partial charge in [-0.05, 0) is 12.1 Å². The molecule has 14 heavy (non-hydrogen) atoms. The van der Waals surface area contributed by atoms with Gasteiger partial charge in [0, 0.05) is 21.5 Å². The Kier molecular flexibility index (Phi) is 3.93. The van der Waals surface area contributed by atoms with Crippen LogP contribution in [-0.4, -0.2) is 11.4 Å². The second-order valence-corrected chi connectivity index (χ2v) is 3.89. The van der Waals surface area contributed by atoms with Crippen LogP contribution >= 0.6 is 23.2 Å². The Morgan fingerprint density at radius 1 is 1.36 bits per heavy atom. The molecule has 1 aromatic carbocycles. The average Bonchev–Trinajstić information content (AvgIpc) is 2.16. The minimum atomic E-state index is -0.950. The van der Waals surface area contributed by atoms with Gasteiger partial charge in [-0.15, -0.1) is 0 Å². The Bertz CT molecular complexity index is 319. The number of aliphatic hydroxyl groups excluding tert-OH is 1. The van der Waals surface area contributed by atoms with E-state index in [0.717, 1.165) is 0 Å². The van der Waals surface area contributed by atoms with Crippen LogP contribution in [0, 0.1) is 5.92 Å². The zero-order valence-corrected chi connectivity index (χ0v) is 9.09. The van der Waals surface area contributed by atoms with Crippen LogP contribution in [0.4, 0.5) is 0 Å². The monoisotopic (exact) mass is 232 g/mol. The molecule has 0 bridgehead atoms. The van der Waals surface area contributed by atoms with Gasteiger partial charge in [0.15, 0.2) is 0 Å². The minimum Gasteiger partial charge on any atom is -0.388 e. The van der Waals surface area contributed by atoms with E-state index in [9.17, 15) is 9.90 Å². The summed E-state index contributed by atoms with van der Waals surface area (Å²) in [6.07, 6.45) is -0.279. The lowest BCUT2D eigenvalue weighted by molar-refractivity contribution is -0.113. The van der Waals surface area contributed by atoms with E-state index >= 15 is 0 Å². The lowest BCUT2D eigenvalue weighted by Crippen LogP contribution is -2.11. The Hall–Kier alpha value is -0.570. The Balaban J connectivity index is 3.11. The normalized spacial score (nSPS) is 14.9. The number of aliphatic hydroxyl groups is 1. The summed E-state index contributed by atoms with van der Waals surface area (Å²) in [6, 6.07) is 4.94. The van der Waals surface area contributed by atoms with Crippen molar-refractivity contribution in [2.45, 2.75) is 13.0 Å². The fourth-order valence-corrected chi connectivity index (χ4v) is 1.75. The summed E-state index contributed by atoms with van der Waals surface area (Å²) in [5.74, 6) is -0.521. The highest BCUT2D eigenvalue weighted by Crippen LogP contribution is 2.33. The molecule has 0 aliphatic carbocycles. The van der Waals surface area contributed by atoms with E-state index < -0.39 is 12.0 Å². The third-order valence-electron chi connectivity index (χ3n) is 2.01. The van der Waals surface area contributed by atoms with E-state index in [2.05, 4.69) is 0 Å². The van der Waals surface area contributed by atoms with Crippen LogP contribution < -0.4 is 0 Å². The van der Waals surface area contributed by atoms with E-state index in [1.54, 1.807) is 25.1 Å². The van der Waals surface area contributed by atoms with Crippen molar-refractivity contribution in [1.29, 1.82) is 0 Å². The van der Waals surface area contributed by atoms with Gasteiger partial charge in [-0.25, -0.2) is 0 Å². The van der Waals surface area contributed by atoms with Crippen molar-refractivity contribution in [2.24, 2.45) is 5.92 Å². The highest BCUT2D eigenvalue weighted by Gasteiger charge is 2.20. The van der Waals surface area contributed by atoms with Crippen molar-refractivity contribution in [2.75, 3.05) is 0 Å². The summed E-state index contributed by atoms with van der Waals surface area (Å²) in [5.41, 5.74) is 0.412.